The topological polar surface area (TPSA) is 507 Å². The number of carbonyl (C=O) groups is 8. The molecule has 0 aliphatic rings. The smallest absolute Gasteiger partial charge is 0.317 e. The van der Waals surface area contributed by atoms with Crippen LogP contribution in [0.2, 0.25) is 0 Å². The molecule has 0 radical (unpaired) electrons. The zero-order valence-corrected chi connectivity index (χ0v) is 24.1. The SMILES string of the molecule is NCC(=O)O.NCC(=O)O.NCC(=O)O.NCC(=O)O.NCC(=O)O.NCC(=O)O.NCC(=O)O.NCC(=O)O.[Zr]. The minimum atomic E-state index is -0.968. The summed E-state index contributed by atoms with van der Waals surface area (Å²) in [5.74, 6) is -7.74. The van der Waals surface area contributed by atoms with Gasteiger partial charge in [0.2, 0.25) is 0 Å². The van der Waals surface area contributed by atoms with E-state index in [2.05, 4.69) is 45.9 Å². The van der Waals surface area contributed by atoms with Gasteiger partial charge in [0.15, 0.2) is 0 Å². The number of hydrogen-bond acceptors (Lipinski definition) is 16. The van der Waals surface area contributed by atoms with Crippen molar-refractivity contribution in [3.05, 3.63) is 0 Å². The van der Waals surface area contributed by atoms with Gasteiger partial charge in [-0.2, -0.15) is 0 Å². The largest absolute Gasteiger partial charge is 0.480 e. The monoisotopic (exact) mass is 690 g/mol. The maximum absolute atomic E-state index is 9.24. The number of hydrogen-bond donors (Lipinski definition) is 16. The molecule has 24 N–H and O–H groups in total. The standard InChI is InChI=1S/8C2H5NO2.Zr/c8*3-1-2(4)5;/h8*1,3H2,(H,4,5);. The molecular weight excluding hydrogens is 651 g/mol. The van der Waals surface area contributed by atoms with Gasteiger partial charge in [0.25, 0.3) is 0 Å². The summed E-state index contributed by atoms with van der Waals surface area (Å²) in [6.45, 7) is -2.22. The Balaban J connectivity index is -0.0000000406. The summed E-state index contributed by atoms with van der Waals surface area (Å²) in [5, 5.41) is 60.8. The number of carboxylic acids is 8. The number of rotatable bonds is 8. The summed E-state index contributed by atoms with van der Waals surface area (Å²) < 4.78 is 0. The molecule has 0 fully saturated rings. The summed E-state index contributed by atoms with van der Waals surface area (Å²) >= 11 is 0. The van der Waals surface area contributed by atoms with Crippen molar-refractivity contribution in [3.8, 4) is 0 Å². The molecule has 0 aliphatic carbocycles. The van der Waals surface area contributed by atoms with Crippen LogP contribution in [-0.4, -0.2) is 141 Å². The van der Waals surface area contributed by atoms with E-state index >= 15 is 0 Å². The van der Waals surface area contributed by atoms with Crippen molar-refractivity contribution in [1.29, 1.82) is 0 Å². The summed E-state index contributed by atoms with van der Waals surface area (Å²) in [4.78, 5) is 73.9. The first kappa shape index (κ1) is 61.4. The third-order valence-electron chi connectivity index (χ3n) is 1.40. The van der Waals surface area contributed by atoms with Crippen LogP contribution in [0, 0.1) is 0 Å². The molecule has 0 aromatic carbocycles. The van der Waals surface area contributed by atoms with Crippen LogP contribution in [0.15, 0.2) is 0 Å². The molecule has 0 bridgehead atoms. The molecule has 0 saturated carbocycles. The Labute approximate surface area is 251 Å². The number of nitrogens with two attached hydrogens (primary N) is 8. The van der Waals surface area contributed by atoms with Crippen molar-refractivity contribution in [2.24, 2.45) is 45.9 Å². The Hall–Kier alpha value is -3.68. The van der Waals surface area contributed by atoms with Gasteiger partial charge < -0.3 is 86.7 Å². The van der Waals surface area contributed by atoms with Crippen molar-refractivity contribution in [2.75, 3.05) is 52.4 Å². The first-order valence-corrected chi connectivity index (χ1v) is 9.52. The van der Waals surface area contributed by atoms with E-state index < -0.39 is 47.8 Å². The molecular formula is C16H40N8O16Zr. The van der Waals surface area contributed by atoms with E-state index in [4.69, 9.17) is 40.9 Å². The van der Waals surface area contributed by atoms with E-state index in [0.717, 1.165) is 0 Å². The van der Waals surface area contributed by atoms with Gasteiger partial charge in [-0.25, -0.2) is 0 Å². The summed E-state index contributed by atoms with van der Waals surface area (Å²) in [5.41, 5.74) is 36.6. The second-order valence-corrected chi connectivity index (χ2v) is 4.78. The number of carboxylic acid groups (broad SMARTS) is 8. The Morgan fingerprint density at radius 2 is 0.293 bits per heavy atom. The Kier molecular flexibility index (Phi) is 84.6. The molecule has 0 amide bonds. The second kappa shape index (κ2) is 56.5. The zero-order valence-electron chi connectivity index (χ0n) is 21.6. The van der Waals surface area contributed by atoms with Crippen LogP contribution in [0.25, 0.3) is 0 Å². The van der Waals surface area contributed by atoms with Crippen molar-refractivity contribution < 1.29 is 105 Å². The molecule has 41 heavy (non-hydrogen) atoms. The van der Waals surface area contributed by atoms with Crippen molar-refractivity contribution in [2.45, 2.75) is 0 Å². The number of aliphatic carboxylic acids is 8. The maximum Gasteiger partial charge on any atom is 0.317 e. The molecule has 0 saturated heterocycles. The Bertz CT molecular complexity index is 518. The second-order valence-electron chi connectivity index (χ2n) is 4.78. The fourth-order valence-electron chi connectivity index (χ4n) is 0. The van der Waals surface area contributed by atoms with Gasteiger partial charge in [-0.1, -0.05) is 0 Å². The molecule has 0 spiro atoms. The molecule has 25 heteroatoms. The molecule has 0 rings (SSSR count). The van der Waals surface area contributed by atoms with Crippen LogP contribution in [0.4, 0.5) is 0 Å². The minimum absolute atomic E-state index is 0. The van der Waals surface area contributed by atoms with E-state index in [9.17, 15) is 38.4 Å². The fraction of sp³-hybridized carbons (Fsp3) is 0.500. The third-order valence-corrected chi connectivity index (χ3v) is 1.40. The minimum Gasteiger partial charge on any atom is -0.480 e. The van der Waals surface area contributed by atoms with Gasteiger partial charge in [0.05, 0.1) is 52.4 Å². The third kappa shape index (κ3) is 282. The molecule has 0 heterocycles. The summed E-state index contributed by atoms with van der Waals surface area (Å²) in [6.07, 6.45) is 0. The van der Waals surface area contributed by atoms with Crippen LogP contribution >= 0.6 is 0 Å². The van der Waals surface area contributed by atoms with Crippen LogP contribution in [0.3, 0.4) is 0 Å². The average Bonchev–Trinajstić information content (AvgIpc) is 2.90. The van der Waals surface area contributed by atoms with Crippen LogP contribution in [0.5, 0.6) is 0 Å². The summed E-state index contributed by atoms with van der Waals surface area (Å²) in [6, 6.07) is 0. The van der Waals surface area contributed by atoms with E-state index in [1.807, 2.05) is 0 Å². The average molecular weight is 692 g/mol. The molecule has 0 unspecified atom stereocenters. The van der Waals surface area contributed by atoms with Crippen LogP contribution in [-0.2, 0) is 64.6 Å². The van der Waals surface area contributed by atoms with Gasteiger partial charge in [-0.3, -0.25) is 38.4 Å². The van der Waals surface area contributed by atoms with Gasteiger partial charge >= 0.3 is 47.8 Å². The molecule has 24 nitrogen and oxygen atoms in total. The molecule has 0 aromatic rings. The molecule has 0 aliphatic heterocycles. The van der Waals surface area contributed by atoms with E-state index in [1.54, 1.807) is 0 Å². The molecule has 0 aromatic heterocycles. The molecule has 244 valence electrons. The Morgan fingerprint density at radius 1 is 0.268 bits per heavy atom. The maximum atomic E-state index is 9.24. The quantitative estimate of drug-likeness (QED) is 0.112. The first-order valence-electron chi connectivity index (χ1n) is 9.52. The van der Waals surface area contributed by atoms with Crippen molar-refractivity contribution in [3.63, 3.8) is 0 Å². The van der Waals surface area contributed by atoms with E-state index in [-0.39, 0.29) is 78.6 Å². The van der Waals surface area contributed by atoms with Crippen LogP contribution < -0.4 is 45.9 Å². The zero-order chi connectivity index (χ0) is 34.3. The predicted molar refractivity (Wildman–Crippen MR) is 134 cm³/mol. The Morgan fingerprint density at radius 3 is 0.293 bits per heavy atom. The first-order chi connectivity index (χ1) is 18.2. The van der Waals surface area contributed by atoms with Gasteiger partial charge in [-0.05, 0) is 0 Å². The van der Waals surface area contributed by atoms with Crippen LogP contribution in [0.1, 0.15) is 0 Å². The molecule has 0 atom stereocenters. The predicted octanol–water partition coefficient (Wildman–Crippen LogP) is -7.76. The van der Waals surface area contributed by atoms with Crippen molar-refractivity contribution >= 4 is 47.8 Å². The van der Waals surface area contributed by atoms with Gasteiger partial charge in [0, 0.05) is 26.2 Å². The van der Waals surface area contributed by atoms with E-state index in [0.29, 0.717) is 0 Å². The van der Waals surface area contributed by atoms with Gasteiger partial charge in [0.1, 0.15) is 0 Å². The normalized spacial score (nSPS) is 7.22. The van der Waals surface area contributed by atoms with Crippen molar-refractivity contribution in [1.82, 2.24) is 0 Å². The van der Waals surface area contributed by atoms with Gasteiger partial charge in [-0.15, -0.1) is 0 Å². The fourth-order valence-corrected chi connectivity index (χ4v) is 0. The van der Waals surface area contributed by atoms with E-state index in [1.165, 1.54) is 0 Å². The summed E-state index contributed by atoms with van der Waals surface area (Å²) in [7, 11) is 0.